The standard InChI is InChI=1S/C9H9ClO3/c1-6-7(10)4-3-5-8(6)13-9(11)12-2/h3-5H,1-2H3. The Balaban J connectivity index is 2.89. The third-order valence-electron chi connectivity index (χ3n) is 1.58. The van der Waals surface area contributed by atoms with Gasteiger partial charge in [0.1, 0.15) is 5.75 Å². The molecule has 0 saturated heterocycles. The highest BCUT2D eigenvalue weighted by Crippen LogP contribution is 2.25. The first kappa shape index (κ1) is 9.86. The molecule has 13 heavy (non-hydrogen) atoms. The maximum absolute atomic E-state index is 10.8. The van der Waals surface area contributed by atoms with Crippen molar-refractivity contribution >= 4 is 17.8 Å². The molecule has 70 valence electrons. The maximum Gasteiger partial charge on any atom is 0.513 e. The monoisotopic (exact) mass is 200 g/mol. The van der Waals surface area contributed by atoms with Gasteiger partial charge in [0.15, 0.2) is 0 Å². The minimum absolute atomic E-state index is 0.416. The van der Waals surface area contributed by atoms with Crippen LogP contribution < -0.4 is 4.74 Å². The largest absolute Gasteiger partial charge is 0.513 e. The fourth-order valence-electron chi connectivity index (χ4n) is 0.830. The Kier molecular flexibility index (Phi) is 3.14. The number of carbonyl (C=O) groups is 1. The van der Waals surface area contributed by atoms with E-state index in [0.717, 1.165) is 5.56 Å². The third-order valence-corrected chi connectivity index (χ3v) is 1.99. The lowest BCUT2D eigenvalue weighted by Gasteiger charge is -2.06. The van der Waals surface area contributed by atoms with Crippen molar-refractivity contribution in [3.05, 3.63) is 28.8 Å². The molecule has 0 radical (unpaired) electrons. The summed E-state index contributed by atoms with van der Waals surface area (Å²) in [6.45, 7) is 1.76. The van der Waals surface area contributed by atoms with Crippen LogP contribution in [0.5, 0.6) is 5.75 Å². The van der Waals surface area contributed by atoms with Crippen molar-refractivity contribution in [2.24, 2.45) is 0 Å². The van der Waals surface area contributed by atoms with Gasteiger partial charge in [-0.25, -0.2) is 4.79 Å². The van der Waals surface area contributed by atoms with E-state index < -0.39 is 6.16 Å². The highest BCUT2D eigenvalue weighted by Gasteiger charge is 2.07. The minimum atomic E-state index is -0.745. The number of halogens is 1. The quantitative estimate of drug-likeness (QED) is 0.517. The van der Waals surface area contributed by atoms with Crippen LogP contribution in [0.2, 0.25) is 5.02 Å². The van der Waals surface area contributed by atoms with Crippen LogP contribution in [0.4, 0.5) is 4.79 Å². The molecular weight excluding hydrogens is 192 g/mol. The summed E-state index contributed by atoms with van der Waals surface area (Å²) < 4.78 is 9.17. The molecule has 0 spiro atoms. The van der Waals surface area contributed by atoms with Crippen LogP contribution in [0.25, 0.3) is 0 Å². The summed E-state index contributed by atoms with van der Waals surface area (Å²) in [5.41, 5.74) is 0.717. The van der Waals surface area contributed by atoms with Crippen molar-refractivity contribution < 1.29 is 14.3 Å². The van der Waals surface area contributed by atoms with Gasteiger partial charge in [-0.3, -0.25) is 0 Å². The number of carbonyl (C=O) groups excluding carboxylic acids is 1. The summed E-state index contributed by atoms with van der Waals surface area (Å²) in [5, 5.41) is 0.557. The molecule has 3 nitrogen and oxygen atoms in total. The predicted molar refractivity (Wildman–Crippen MR) is 49.2 cm³/mol. The molecule has 0 N–H and O–H groups in total. The molecule has 4 heteroatoms. The summed E-state index contributed by atoms with van der Waals surface area (Å²) >= 11 is 5.81. The molecule has 0 aliphatic heterocycles. The van der Waals surface area contributed by atoms with Gasteiger partial charge in [-0.2, -0.15) is 0 Å². The Bertz CT molecular complexity index is 323. The average molecular weight is 201 g/mol. The van der Waals surface area contributed by atoms with E-state index in [2.05, 4.69) is 4.74 Å². The number of methoxy groups -OCH3 is 1. The van der Waals surface area contributed by atoms with E-state index in [1.807, 2.05) is 0 Å². The Morgan fingerprint density at radius 2 is 2.15 bits per heavy atom. The SMILES string of the molecule is COC(=O)Oc1cccc(Cl)c1C. The molecule has 1 rings (SSSR count). The average Bonchev–Trinajstić information content (AvgIpc) is 2.13. The van der Waals surface area contributed by atoms with Crippen LogP contribution in [-0.2, 0) is 4.74 Å². The van der Waals surface area contributed by atoms with Gasteiger partial charge in [-0.05, 0) is 19.1 Å². The Hall–Kier alpha value is -1.22. The van der Waals surface area contributed by atoms with Crippen LogP contribution in [0, 0.1) is 6.92 Å². The van der Waals surface area contributed by atoms with E-state index in [0.29, 0.717) is 10.8 Å². The summed E-state index contributed by atoms with van der Waals surface area (Å²) in [4.78, 5) is 10.8. The summed E-state index contributed by atoms with van der Waals surface area (Å²) in [6.07, 6.45) is -0.745. The van der Waals surface area contributed by atoms with E-state index >= 15 is 0 Å². The Morgan fingerprint density at radius 1 is 1.46 bits per heavy atom. The van der Waals surface area contributed by atoms with Crippen LogP contribution in [0.3, 0.4) is 0 Å². The minimum Gasteiger partial charge on any atom is -0.437 e. The molecule has 0 aliphatic rings. The molecule has 1 aromatic rings. The molecule has 0 heterocycles. The second kappa shape index (κ2) is 4.14. The zero-order valence-corrected chi connectivity index (χ0v) is 8.09. The van der Waals surface area contributed by atoms with E-state index in [-0.39, 0.29) is 0 Å². The zero-order chi connectivity index (χ0) is 9.84. The molecule has 0 bridgehead atoms. The van der Waals surface area contributed by atoms with Gasteiger partial charge in [-0.1, -0.05) is 17.7 Å². The molecule has 1 aromatic carbocycles. The van der Waals surface area contributed by atoms with E-state index in [9.17, 15) is 4.79 Å². The van der Waals surface area contributed by atoms with Gasteiger partial charge in [0.05, 0.1) is 7.11 Å². The van der Waals surface area contributed by atoms with Crippen molar-refractivity contribution in [3.8, 4) is 5.75 Å². The van der Waals surface area contributed by atoms with Crippen molar-refractivity contribution in [1.29, 1.82) is 0 Å². The topological polar surface area (TPSA) is 35.5 Å². The van der Waals surface area contributed by atoms with Crippen LogP contribution in [0.1, 0.15) is 5.56 Å². The number of rotatable bonds is 1. The molecular formula is C9H9ClO3. The fourth-order valence-corrected chi connectivity index (χ4v) is 0.996. The first-order valence-electron chi connectivity index (χ1n) is 3.66. The van der Waals surface area contributed by atoms with Crippen molar-refractivity contribution in [2.75, 3.05) is 7.11 Å². The smallest absolute Gasteiger partial charge is 0.437 e. The third kappa shape index (κ3) is 2.36. The van der Waals surface area contributed by atoms with Gasteiger partial charge in [0, 0.05) is 10.6 Å². The maximum atomic E-state index is 10.8. The summed E-state index contributed by atoms with van der Waals surface area (Å²) in [5.74, 6) is 0.416. The van der Waals surface area contributed by atoms with Crippen LogP contribution in [-0.4, -0.2) is 13.3 Å². The molecule has 0 aromatic heterocycles. The molecule has 0 atom stereocenters. The van der Waals surface area contributed by atoms with Crippen molar-refractivity contribution in [3.63, 3.8) is 0 Å². The number of hydrogen-bond acceptors (Lipinski definition) is 3. The molecule has 0 amide bonds. The number of benzene rings is 1. The first-order valence-corrected chi connectivity index (χ1v) is 4.04. The van der Waals surface area contributed by atoms with Crippen LogP contribution >= 0.6 is 11.6 Å². The number of ether oxygens (including phenoxy) is 2. The Morgan fingerprint density at radius 3 is 2.77 bits per heavy atom. The van der Waals surface area contributed by atoms with Gasteiger partial charge < -0.3 is 9.47 Å². The van der Waals surface area contributed by atoms with Crippen LogP contribution in [0.15, 0.2) is 18.2 Å². The fraction of sp³-hybridized carbons (Fsp3) is 0.222. The number of hydrogen-bond donors (Lipinski definition) is 0. The van der Waals surface area contributed by atoms with E-state index in [4.69, 9.17) is 16.3 Å². The normalized spacial score (nSPS) is 9.46. The highest BCUT2D eigenvalue weighted by atomic mass is 35.5. The van der Waals surface area contributed by atoms with E-state index in [1.165, 1.54) is 7.11 Å². The molecule has 0 saturated carbocycles. The molecule has 0 fully saturated rings. The summed E-state index contributed by atoms with van der Waals surface area (Å²) in [6, 6.07) is 5.08. The lowest BCUT2D eigenvalue weighted by atomic mass is 10.2. The first-order chi connectivity index (χ1) is 6.15. The van der Waals surface area contributed by atoms with E-state index in [1.54, 1.807) is 25.1 Å². The second-order valence-corrected chi connectivity index (χ2v) is 2.83. The Labute approximate surface area is 81.2 Å². The lowest BCUT2D eigenvalue weighted by molar-refractivity contribution is 0.121. The summed E-state index contributed by atoms with van der Waals surface area (Å²) in [7, 11) is 1.25. The highest BCUT2D eigenvalue weighted by molar-refractivity contribution is 6.31. The zero-order valence-electron chi connectivity index (χ0n) is 7.33. The van der Waals surface area contributed by atoms with Gasteiger partial charge in [-0.15, -0.1) is 0 Å². The van der Waals surface area contributed by atoms with Gasteiger partial charge >= 0.3 is 6.16 Å². The molecule has 0 aliphatic carbocycles. The van der Waals surface area contributed by atoms with Crippen molar-refractivity contribution in [2.45, 2.75) is 6.92 Å². The van der Waals surface area contributed by atoms with Crippen molar-refractivity contribution in [1.82, 2.24) is 0 Å². The lowest BCUT2D eigenvalue weighted by Crippen LogP contribution is -2.08. The second-order valence-electron chi connectivity index (χ2n) is 2.42. The van der Waals surface area contributed by atoms with Gasteiger partial charge in [0.25, 0.3) is 0 Å². The van der Waals surface area contributed by atoms with Gasteiger partial charge in [0.2, 0.25) is 0 Å². The molecule has 0 unspecified atom stereocenters. The predicted octanol–water partition coefficient (Wildman–Crippen LogP) is 2.79.